The van der Waals surface area contributed by atoms with Crippen molar-refractivity contribution in [3.8, 4) is 11.5 Å². The van der Waals surface area contributed by atoms with Crippen LogP contribution in [0.4, 0.5) is 5.82 Å². The lowest BCUT2D eigenvalue weighted by Gasteiger charge is -2.06. The minimum absolute atomic E-state index is 0.00999. The summed E-state index contributed by atoms with van der Waals surface area (Å²) in [5, 5.41) is 13.3. The molecule has 0 aliphatic heterocycles. The predicted molar refractivity (Wildman–Crippen MR) is 97.5 cm³/mol. The second kappa shape index (κ2) is 6.76. The molecule has 4 aromatic rings. The van der Waals surface area contributed by atoms with Gasteiger partial charge in [0.05, 0.1) is 17.2 Å². The van der Waals surface area contributed by atoms with Gasteiger partial charge < -0.3 is 10.3 Å². The van der Waals surface area contributed by atoms with E-state index in [2.05, 4.69) is 30.5 Å². The van der Waals surface area contributed by atoms with Crippen molar-refractivity contribution in [1.29, 1.82) is 0 Å². The smallest absolute Gasteiger partial charge is 0.260 e. The zero-order chi connectivity index (χ0) is 17.9. The molecule has 0 spiro atoms. The van der Waals surface area contributed by atoms with Crippen molar-refractivity contribution in [3.63, 3.8) is 0 Å². The third-order valence-electron chi connectivity index (χ3n) is 3.61. The molecule has 3 N–H and O–H groups in total. The number of rotatable bonds is 5. The molecule has 0 atom stereocenters. The number of nitrogen functional groups attached to an aromatic ring is 1. The zero-order valence-corrected chi connectivity index (χ0v) is 14.2. The van der Waals surface area contributed by atoms with E-state index in [0.717, 1.165) is 10.4 Å². The first-order chi connectivity index (χ1) is 12.7. The molecular weight excluding hydrogens is 354 g/mol. The molecule has 0 unspecified atom stereocenters. The molecule has 0 fully saturated rings. The molecule has 3 heterocycles. The van der Waals surface area contributed by atoms with Crippen LogP contribution >= 0.6 is 11.3 Å². The monoisotopic (exact) mass is 367 g/mol. The van der Waals surface area contributed by atoms with Gasteiger partial charge in [0.1, 0.15) is 6.54 Å². The van der Waals surface area contributed by atoms with E-state index >= 15 is 0 Å². The second-order valence-electron chi connectivity index (χ2n) is 5.32. The predicted octanol–water partition coefficient (Wildman–Crippen LogP) is 1.88. The van der Waals surface area contributed by atoms with Crippen molar-refractivity contribution in [2.24, 2.45) is 5.10 Å². The first kappa shape index (κ1) is 16.0. The fraction of sp³-hybridized carbons (Fsp3) is 0.0625. The van der Waals surface area contributed by atoms with Crippen molar-refractivity contribution in [2.45, 2.75) is 6.54 Å². The highest BCUT2D eigenvalue weighted by molar-refractivity contribution is 7.11. The van der Waals surface area contributed by atoms with Gasteiger partial charge in [0.15, 0.2) is 17.3 Å². The zero-order valence-electron chi connectivity index (χ0n) is 13.4. The summed E-state index contributed by atoms with van der Waals surface area (Å²) in [6.07, 6.45) is 1.59. The van der Waals surface area contributed by atoms with Gasteiger partial charge >= 0.3 is 0 Å². The van der Waals surface area contributed by atoms with Gasteiger partial charge in [-0.3, -0.25) is 4.79 Å². The number of carbonyl (C=O) groups excluding carboxylic acids is 1. The Morgan fingerprint density at radius 3 is 2.96 bits per heavy atom. The van der Waals surface area contributed by atoms with E-state index in [1.807, 2.05) is 41.8 Å². The lowest BCUT2D eigenvalue weighted by atomic mass is 10.3. The van der Waals surface area contributed by atoms with Crippen LogP contribution in [0.3, 0.4) is 0 Å². The molecule has 3 aromatic heterocycles. The van der Waals surface area contributed by atoms with Gasteiger partial charge in [-0.25, -0.2) is 15.0 Å². The Morgan fingerprint density at radius 2 is 2.19 bits per heavy atom. The lowest BCUT2D eigenvalue weighted by molar-refractivity contribution is -0.121. The number of thiophene rings is 1. The van der Waals surface area contributed by atoms with Crippen LogP contribution in [0.25, 0.3) is 22.6 Å². The largest absolute Gasteiger partial charge is 0.379 e. The molecule has 10 heteroatoms. The number of benzene rings is 1. The Labute approximate surface area is 151 Å². The lowest BCUT2D eigenvalue weighted by Crippen LogP contribution is -2.23. The quantitative estimate of drug-likeness (QED) is 0.410. The maximum Gasteiger partial charge on any atom is 0.260 e. The first-order valence-corrected chi connectivity index (χ1v) is 8.49. The molecule has 0 bridgehead atoms. The van der Waals surface area contributed by atoms with E-state index in [4.69, 9.17) is 5.73 Å². The molecule has 9 nitrogen and oxygen atoms in total. The van der Waals surface area contributed by atoms with Crippen LogP contribution < -0.4 is 11.2 Å². The highest BCUT2D eigenvalue weighted by atomic mass is 32.1. The topological polar surface area (TPSA) is 124 Å². The van der Waals surface area contributed by atoms with Gasteiger partial charge in [-0.05, 0) is 33.9 Å². The highest BCUT2D eigenvalue weighted by Crippen LogP contribution is 2.26. The van der Waals surface area contributed by atoms with Crippen molar-refractivity contribution in [1.82, 2.24) is 25.3 Å². The van der Waals surface area contributed by atoms with Crippen molar-refractivity contribution >= 4 is 40.3 Å². The Morgan fingerprint density at radius 1 is 1.31 bits per heavy atom. The van der Waals surface area contributed by atoms with Gasteiger partial charge in [0.25, 0.3) is 5.91 Å². The van der Waals surface area contributed by atoms with Crippen LogP contribution in [-0.4, -0.2) is 32.0 Å². The number of fused-ring (bicyclic) bond motifs is 1. The van der Waals surface area contributed by atoms with Crippen LogP contribution in [0.5, 0.6) is 0 Å². The summed E-state index contributed by atoms with van der Waals surface area (Å²) >= 11 is 1.53. The molecule has 26 heavy (non-hydrogen) atoms. The number of nitrogens with two attached hydrogens (primary N) is 1. The Kier molecular flexibility index (Phi) is 4.15. The summed E-state index contributed by atoms with van der Waals surface area (Å²) < 4.78 is 6.36. The van der Waals surface area contributed by atoms with E-state index in [-0.39, 0.29) is 24.0 Å². The fourth-order valence-corrected chi connectivity index (χ4v) is 3.06. The van der Waals surface area contributed by atoms with Crippen molar-refractivity contribution in [2.75, 3.05) is 5.73 Å². The number of anilines is 1. The number of hydrazone groups is 1. The second-order valence-corrected chi connectivity index (χ2v) is 6.30. The number of hydrogen-bond acceptors (Lipinski definition) is 8. The fourth-order valence-electron chi connectivity index (χ4n) is 2.48. The summed E-state index contributed by atoms with van der Waals surface area (Å²) in [6.45, 7) is -0.00999. The molecule has 1 aromatic carbocycles. The van der Waals surface area contributed by atoms with Crippen LogP contribution in [0, 0.1) is 0 Å². The number of hydrogen-bond donors (Lipinski definition) is 2. The molecular formula is C16H13N7O2S. The summed E-state index contributed by atoms with van der Waals surface area (Å²) in [4.78, 5) is 17.8. The molecule has 130 valence electrons. The average molecular weight is 367 g/mol. The third kappa shape index (κ3) is 3.05. The number of amides is 1. The van der Waals surface area contributed by atoms with E-state index in [1.165, 1.54) is 11.3 Å². The first-order valence-electron chi connectivity index (χ1n) is 7.61. The molecule has 1 amide bonds. The van der Waals surface area contributed by atoms with Crippen molar-refractivity contribution < 1.29 is 9.42 Å². The Balaban J connectivity index is 1.62. The van der Waals surface area contributed by atoms with E-state index < -0.39 is 0 Å². The Bertz CT molecular complexity index is 1080. The summed E-state index contributed by atoms with van der Waals surface area (Å²) in [5.41, 5.74) is 10.1. The summed E-state index contributed by atoms with van der Waals surface area (Å²) in [6, 6.07) is 11.2. The maximum atomic E-state index is 12.3. The van der Waals surface area contributed by atoms with E-state index in [1.54, 1.807) is 10.8 Å². The average Bonchev–Trinajstić information content (AvgIpc) is 3.36. The van der Waals surface area contributed by atoms with Crippen LogP contribution in [0.2, 0.25) is 0 Å². The van der Waals surface area contributed by atoms with Crippen molar-refractivity contribution in [3.05, 3.63) is 46.7 Å². The summed E-state index contributed by atoms with van der Waals surface area (Å²) in [7, 11) is 0. The number of carbonyl (C=O) groups is 1. The van der Waals surface area contributed by atoms with Gasteiger partial charge in [-0.15, -0.1) is 11.3 Å². The Hall–Kier alpha value is -3.53. The molecule has 0 aliphatic carbocycles. The van der Waals surface area contributed by atoms with Gasteiger partial charge in [0.2, 0.25) is 0 Å². The van der Waals surface area contributed by atoms with Gasteiger partial charge in [-0.1, -0.05) is 18.2 Å². The maximum absolute atomic E-state index is 12.3. The summed E-state index contributed by atoms with van der Waals surface area (Å²) in [5.74, 6) is 0.206. The molecule has 0 aliphatic rings. The van der Waals surface area contributed by atoms with Crippen LogP contribution in [0.15, 0.2) is 51.5 Å². The van der Waals surface area contributed by atoms with Crippen LogP contribution in [0.1, 0.15) is 4.88 Å². The van der Waals surface area contributed by atoms with Gasteiger partial charge in [0, 0.05) is 4.88 Å². The molecule has 0 radical (unpaired) electrons. The van der Waals surface area contributed by atoms with E-state index in [0.29, 0.717) is 11.3 Å². The highest BCUT2D eigenvalue weighted by Gasteiger charge is 2.20. The minimum atomic E-state index is -0.308. The number of nitrogens with zero attached hydrogens (tertiary/aromatic N) is 5. The minimum Gasteiger partial charge on any atom is -0.379 e. The molecule has 0 saturated carbocycles. The van der Waals surface area contributed by atoms with Gasteiger partial charge in [-0.2, -0.15) is 5.10 Å². The number of nitrogens with one attached hydrogen (secondary N) is 1. The third-order valence-corrected chi connectivity index (χ3v) is 4.41. The number of aromatic nitrogens is 4. The normalized spacial score (nSPS) is 11.4. The molecule has 0 saturated heterocycles. The van der Waals surface area contributed by atoms with E-state index in [9.17, 15) is 4.79 Å². The number of para-hydroxylation sites is 2. The molecule has 4 rings (SSSR count). The SMILES string of the molecule is Nc1nonc1-c1nc2ccccc2n1CC(=O)NN=Cc1cccs1. The number of imidazole rings is 1. The van der Waals surface area contributed by atoms with Crippen LogP contribution in [-0.2, 0) is 11.3 Å². The standard InChI is InChI=1S/C16H13N7O2S/c17-15-14(21-25-22-15)16-19-11-5-1-2-6-12(11)23(16)9-13(24)20-18-8-10-4-3-7-26-10/h1-8H,9H2,(H2,17,22)(H,20,24).